The van der Waals surface area contributed by atoms with Crippen LogP contribution in [0.4, 0.5) is 5.69 Å². The van der Waals surface area contributed by atoms with Crippen molar-refractivity contribution in [2.75, 3.05) is 7.11 Å². The van der Waals surface area contributed by atoms with Gasteiger partial charge in [-0.2, -0.15) is 5.10 Å². The molecule has 0 saturated heterocycles. The number of rotatable bonds is 5. The minimum Gasteiger partial charge on any atom is -0.497 e. The third-order valence-corrected chi connectivity index (χ3v) is 3.14. The number of amides is 1. The van der Waals surface area contributed by atoms with Gasteiger partial charge in [0.15, 0.2) is 0 Å². The number of nitro groups is 1. The number of hydrogen-bond donors (Lipinski definition) is 1. The van der Waals surface area contributed by atoms with Gasteiger partial charge in [-0.25, -0.2) is 5.43 Å². The van der Waals surface area contributed by atoms with Gasteiger partial charge < -0.3 is 4.74 Å². The lowest BCUT2D eigenvalue weighted by Gasteiger charge is -2.02. The summed E-state index contributed by atoms with van der Waals surface area (Å²) >= 11 is 5.80. The van der Waals surface area contributed by atoms with Crippen LogP contribution in [0.15, 0.2) is 47.6 Å². The molecule has 1 N–H and O–H groups in total. The number of carbonyl (C=O) groups excluding carboxylic acids is 1. The molecule has 2 aromatic carbocycles. The van der Waals surface area contributed by atoms with Crippen molar-refractivity contribution in [3.8, 4) is 5.75 Å². The normalized spacial score (nSPS) is 10.5. The van der Waals surface area contributed by atoms with E-state index in [0.29, 0.717) is 16.3 Å². The topological polar surface area (TPSA) is 93.8 Å². The summed E-state index contributed by atoms with van der Waals surface area (Å²) < 4.78 is 5.00. The lowest BCUT2D eigenvalue weighted by Crippen LogP contribution is -2.17. The van der Waals surface area contributed by atoms with Crippen molar-refractivity contribution in [2.24, 2.45) is 5.10 Å². The van der Waals surface area contributed by atoms with Gasteiger partial charge in [-0.15, -0.1) is 0 Å². The van der Waals surface area contributed by atoms with Gasteiger partial charge in [-0.3, -0.25) is 14.9 Å². The van der Waals surface area contributed by atoms with Crippen LogP contribution in [0, 0.1) is 10.1 Å². The van der Waals surface area contributed by atoms with Crippen LogP contribution in [0.5, 0.6) is 5.75 Å². The highest BCUT2D eigenvalue weighted by molar-refractivity contribution is 6.31. The summed E-state index contributed by atoms with van der Waals surface area (Å²) in [6.45, 7) is 0. The SMILES string of the molecule is COc1ccc(C(=O)N/N=C/c2cc(Cl)ccc2[N+](=O)[O-])cc1. The van der Waals surface area contributed by atoms with Crippen LogP contribution in [0.25, 0.3) is 0 Å². The van der Waals surface area contributed by atoms with Crippen LogP contribution in [0.1, 0.15) is 15.9 Å². The molecule has 8 heteroatoms. The zero-order valence-electron chi connectivity index (χ0n) is 12.0. The first-order chi connectivity index (χ1) is 11.0. The molecular weight excluding hydrogens is 322 g/mol. The van der Waals surface area contributed by atoms with E-state index in [2.05, 4.69) is 10.5 Å². The minimum atomic E-state index is -0.553. The zero-order valence-corrected chi connectivity index (χ0v) is 12.8. The number of benzene rings is 2. The van der Waals surface area contributed by atoms with Gasteiger partial charge in [0, 0.05) is 16.7 Å². The standard InChI is InChI=1S/C15H12ClN3O4/c1-23-13-5-2-10(3-6-13)15(20)18-17-9-11-8-12(16)4-7-14(11)19(21)22/h2-9H,1H3,(H,18,20)/b17-9+. The molecule has 1 amide bonds. The summed E-state index contributed by atoms with van der Waals surface area (Å²) in [5.74, 6) is 0.174. The van der Waals surface area contributed by atoms with Gasteiger partial charge in [0.25, 0.3) is 11.6 Å². The van der Waals surface area contributed by atoms with Gasteiger partial charge >= 0.3 is 0 Å². The van der Waals surface area contributed by atoms with Crippen LogP contribution in [-0.4, -0.2) is 24.2 Å². The van der Waals surface area contributed by atoms with E-state index in [4.69, 9.17) is 16.3 Å². The second-order valence-electron chi connectivity index (χ2n) is 4.39. The Morgan fingerprint density at radius 2 is 2.00 bits per heavy atom. The average Bonchev–Trinajstić information content (AvgIpc) is 2.54. The number of nitrogens with zero attached hydrogens (tertiary/aromatic N) is 2. The predicted molar refractivity (Wildman–Crippen MR) is 86.2 cm³/mol. The van der Waals surface area contributed by atoms with Crippen molar-refractivity contribution in [2.45, 2.75) is 0 Å². The lowest BCUT2D eigenvalue weighted by molar-refractivity contribution is -0.385. The van der Waals surface area contributed by atoms with Crippen molar-refractivity contribution in [3.05, 3.63) is 68.7 Å². The third-order valence-electron chi connectivity index (χ3n) is 2.91. The monoisotopic (exact) mass is 333 g/mol. The predicted octanol–water partition coefficient (Wildman–Crippen LogP) is 3.02. The molecule has 0 unspecified atom stereocenters. The molecule has 118 valence electrons. The Morgan fingerprint density at radius 3 is 2.61 bits per heavy atom. The van der Waals surface area contributed by atoms with Crippen molar-refractivity contribution >= 4 is 29.4 Å². The molecule has 0 aromatic heterocycles. The highest BCUT2D eigenvalue weighted by Gasteiger charge is 2.12. The summed E-state index contributed by atoms with van der Waals surface area (Å²) in [5, 5.41) is 15.0. The second kappa shape index (κ2) is 7.37. The molecule has 2 rings (SSSR count). The van der Waals surface area contributed by atoms with Gasteiger partial charge in [0.2, 0.25) is 0 Å². The van der Waals surface area contributed by atoms with Crippen LogP contribution < -0.4 is 10.2 Å². The van der Waals surface area contributed by atoms with Gasteiger partial charge in [0.1, 0.15) is 5.75 Å². The molecule has 7 nitrogen and oxygen atoms in total. The Balaban J connectivity index is 2.10. The smallest absolute Gasteiger partial charge is 0.278 e. The number of ether oxygens (including phenoxy) is 1. The number of carbonyl (C=O) groups is 1. The first-order valence-electron chi connectivity index (χ1n) is 6.42. The fourth-order valence-electron chi connectivity index (χ4n) is 1.76. The molecule has 0 heterocycles. The fourth-order valence-corrected chi connectivity index (χ4v) is 1.94. The van der Waals surface area contributed by atoms with Gasteiger partial charge in [-0.1, -0.05) is 11.6 Å². The van der Waals surface area contributed by atoms with Crippen LogP contribution >= 0.6 is 11.6 Å². The average molecular weight is 334 g/mol. The molecule has 0 aliphatic carbocycles. The summed E-state index contributed by atoms with van der Waals surface area (Å²) in [7, 11) is 1.53. The van der Waals surface area contributed by atoms with Crippen molar-refractivity contribution in [3.63, 3.8) is 0 Å². The van der Waals surface area contributed by atoms with Crippen molar-refractivity contribution in [1.82, 2.24) is 5.43 Å². The maximum atomic E-state index is 11.9. The van der Waals surface area contributed by atoms with E-state index >= 15 is 0 Å². The molecule has 23 heavy (non-hydrogen) atoms. The Bertz CT molecular complexity index is 760. The Kier molecular flexibility index (Phi) is 5.27. The number of hydrazone groups is 1. The summed E-state index contributed by atoms with van der Waals surface area (Å²) in [6.07, 6.45) is 1.17. The van der Waals surface area contributed by atoms with Crippen LogP contribution in [-0.2, 0) is 0 Å². The number of hydrogen-bond acceptors (Lipinski definition) is 5. The molecule has 0 aliphatic heterocycles. The fraction of sp³-hybridized carbons (Fsp3) is 0.0667. The van der Waals surface area contributed by atoms with E-state index in [1.54, 1.807) is 24.3 Å². The summed E-state index contributed by atoms with van der Waals surface area (Å²) in [6, 6.07) is 10.5. The third kappa shape index (κ3) is 4.27. The minimum absolute atomic E-state index is 0.156. The Morgan fingerprint density at radius 1 is 1.30 bits per heavy atom. The van der Waals surface area contributed by atoms with Crippen LogP contribution in [0.3, 0.4) is 0 Å². The molecule has 0 spiro atoms. The van der Waals surface area contributed by atoms with Gasteiger partial charge in [-0.05, 0) is 36.4 Å². The summed E-state index contributed by atoms with van der Waals surface area (Å²) in [5.41, 5.74) is 2.71. The summed E-state index contributed by atoms with van der Waals surface area (Å²) in [4.78, 5) is 22.3. The van der Waals surface area contributed by atoms with Crippen molar-refractivity contribution in [1.29, 1.82) is 0 Å². The Labute approximate surface area is 136 Å². The first kappa shape index (κ1) is 16.4. The van der Waals surface area contributed by atoms with E-state index in [1.807, 2.05) is 0 Å². The first-order valence-corrected chi connectivity index (χ1v) is 6.80. The maximum absolute atomic E-state index is 11.9. The zero-order chi connectivity index (χ0) is 16.8. The van der Waals surface area contributed by atoms with Crippen molar-refractivity contribution < 1.29 is 14.5 Å². The maximum Gasteiger partial charge on any atom is 0.278 e. The van der Waals surface area contributed by atoms with E-state index in [0.717, 1.165) is 0 Å². The van der Waals surface area contributed by atoms with E-state index in [-0.39, 0.29) is 11.3 Å². The highest BCUT2D eigenvalue weighted by Crippen LogP contribution is 2.21. The largest absolute Gasteiger partial charge is 0.497 e. The van der Waals surface area contributed by atoms with Gasteiger partial charge in [0.05, 0.1) is 23.8 Å². The quantitative estimate of drug-likeness (QED) is 0.517. The Hall–Kier alpha value is -2.93. The molecule has 0 fully saturated rings. The number of halogens is 1. The molecule has 0 atom stereocenters. The number of nitro benzene ring substituents is 1. The molecule has 0 saturated carbocycles. The molecular formula is C15H12ClN3O4. The second-order valence-corrected chi connectivity index (χ2v) is 4.82. The molecule has 2 aromatic rings. The molecule has 0 bridgehead atoms. The highest BCUT2D eigenvalue weighted by atomic mass is 35.5. The molecule has 0 aliphatic rings. The van der Waals surface area contributed by atoms with E-state index in [9.17, 15) is 14.9 Å². The number of methoxy groups -OCH3 is 1. The molecule has 0 radical (unpaired) electrons. The van der Waals surface area contributed by atoms with E-state index in [1.165, 1.54) is 31.5 Å². The van der Waals surface area contributed by atoms with E-state index < -0.39 is 10.8 Å². The lowest BCUT2D eigenvalue weighted by atomic mass is 10.2. The van der Waals surface area contributed by atoms with Crippen LogP contribution in [0.2, 0.25) is 5.02 Å². The number of nitrogens with one attached hydrogen (secondary N) is 1.